The van der Waals surface area contributed by atoms with Crippen LogP contribution in [0.2, 0.25) is 0 Å². The molecule has 2 nitrogen and oxygen atoms in total. The van der Waals surface area contributed by atoms with Crippen molar-refractivity contribution in [2.24, 2.45) is 11.3 Å². The highest BCUT2D eigenvalue weighted by Gasteiger charge is 2.55. The molecule has 0 amide bonds. The quantitative estimate of drug-likeness (QED) is 0.743. The molecular weight excluding hydrogens is 268 g/mol. The van der Waals surface area contributed by atoms with Crippen molar-refractivity contribution in [3.8, 4) is 0 Å². The maximum atomic E-state index is 6.16. The van der Waals surface area contributed by atoms with Crippen molar-refractivity contribution in [3.05, 3.63) is 0 Å². The van der Waals surface area contributed by atoms with E-state index in [4.69, 9.17) is 9.47 Å². The summed E-state index contributed by atoms with van der Waals surface area (Å²) in [6.45, 7) is 2.77. The maximum Gasteiger partial charge on any atom is 0.0653 e. The number of alkyl halides is 1. The van der Waals surface area contributed by atoms with Gasteiger partial charge in [0, 0.05) is 22.8 Å². The highest BCUT2D eigenvalue weighted by molar-refractivity contribution is 9.09. The fraction of sp³-hybridized carbons (Fsp3) is 1.00. The zero-order valence-electron chi connectivity index (χ0n) is 9.79. The summed E-state index contributed by atoms with van der Waals surface area (Å²) in [5.41, 5.74) is 0.499. The van der Waals surface area contributed by atoms with Crippen molar-refractivity contribution in [2.45, 2.75) is 49.5 Å². The van der Waals surface area contributed by atoms with E-state index in [0.29, 0.717) is 22.3 Å². The van der Waals surface area contributed by atoms with Gasteiger partial charge in [-0.1, -0.05) is 28.8 Å². The summed E-state index contributed by atoms with van der Waals surface area (Å²) in [7, 11) is 0. The largest absolute Gasteiger partial charge is 0.381 e. The Morgan fingerprint density at radius 2 is 2.12 bits per heavy atom. The van der Waals surface area contributed by atoms with Gasteiger partial charge in [-0.25, -0.2) is 0 Å². The third kappa shape index (κ3) is 1.85. The first kappa shape index (κ1) is 11.5. The molecule has 16 heavy (non-hydrogen) atoms. The second-order valence-corrected chi connectivity index (χ2v) is 6.80. The summed E-state index contributed by atoms with van der Waals surface area (Å²) in [5, 5.41) is 0. The van der Waals surface area contributed by atoms with E-state index in [1.165, 1.54) is 38.5 Å². The molecule has 92 valence electrons. The number of halogens is 1. The molecule has 1 saturated heterocycles. The molecule has 1 heterocycles. The molecule has 3 heteroatoms. The Kier molecular flexibility index (Phi) is 3.29. The van der Waals surface area contributed by atoms with Crippen molar-refractivity contribution in [3.63, 3.8) is 0 Å². The average Bonchev–Trinajstić information content (AvgIpc) is 2.95. The maximum absolute atomic E-state index is 6.16. The van der Waals surface area contributed by atoms with E-state index in [1.807, 2.05) is 0 Å². The fourth-order valence-electron chi connectivity index (χ4n) is 3.57. The molecule has 0 aromatic heterocycles. The van der Waals surface area contributed by atoms with Crippen molar-refractivity contribution >= 4 is 15.9 Å². The predicted octanol–water partition coefficient (Wildman–Crippen LogP) is 3.14. The van der Waals surface area contributed by atoms with E-state index in [-0.39, 0.29) is 0 Å². The molecule has 3 atom stereocenters. The lowest BCUT2D eigenvalue weighted by molar-refractivity contribution is -0.110. The number of hydrogen-bond donors (Lipinski definition) is 0. The molecule has 0 N–H and O–H groups in total. The molecule has 1 aliphatic heterocycles. The van der Waals surface area contributed by atoms with Crippen LogP contribution in [0.5, 0.6) is 0 Å². The monoisotopic (exact) mass is 288 g/mol. The molecule has 1 spiro atoms. The Balaban J connectivity index is 1.51. The minimum atomic E-state index is 0.499. The van der Waals surface area contributed by atoms with Crippen LogP contribution in [0.4, 0.5) is 0 Å². The lowest BCUT2D eigenvalue weighted by Gasteiger charge is -2.51. The summed E-state index contributed by atoms with van der Waals surface area (Å²) in [5.74, 6) is 0.660. The smallest absolute Gasteiger partial charge is 0.0653 e. The third-order valence-electron chi connectivity index (χ3n) is 4.78. The van der Waals surface area contributed by atoms with E-state index < -0.39 is 0 Å². The van der Waals surface area contributed by atoms with E-state index in [1.54, 1.807) is 0 Å². The van der Waals surface area contributed by atoms with Crippen LogP contribution in [0.3, 0.4) is 0 Å². The second-order valence-electron chi connectivity index (χ2n) is 5.70. The van der Waals surface area contributed by atoms with Crippen molar-refractivity contribution in [2.75, 3.05) is 19.8 Å². The zero-order chi connectivity index (χ0) is 11.0. The first-order valence-corrected chi connectivity index (χ1v) is 7.56. The van der Waals surface area contributed by atoms with Crippen LogP contribution in [0, 0.1) is 11.3 Å². The van der Waals surface area contributed by atoms with Gasteiger partial charge in [0.1, 0.15) is 0 Å². The summed E-state index contributed by atoms with van der Waals surface area (Å²) in [6.07, 6.45) is 8.47. The normalized spacial score (nSPS) is 41.4. The number of rotatable bonds is 3. The molecule has 3 unspecified atom stereocenters. The van der Waals surface area contributed by atoms with Crippen LogP contribution >= 0.6 is 15.9 Å². The molecule has 2 aliphatic carbocycles. The zero-order valence-corrected chi connectivity index (χ0v) is 11.4. The van der Waals surface area contributed by atoms with Crippen molar-refractivity contribution in [1.82, 2.24) is 0 Å². The molecule has 0 aromatic rings. The number of ether oxygens (including phenoxy) is 2. The van der Waals surface area contributed by atoms with Crippen molar-refractivity contribution in [1.29, 1.82) is 0 Å². The van der Waals surface area contributed by atoms with E-state index in [2.05, 4.69) is 15.9 Å². The van der Waals surface area contributed by atoms with E-state index in [0.717, 1.165) is 19.8 Å². The average molecular weight is 289 g/mol. The minimum absolute atomic E-state index is 0.499. The van der Waals surface area contributed by atoms with Gasteiger partial charge in [-0.2, -0.15) is 0 Å². The van der Waals surface area contributed by atoms with Gasteiger partial charge >= 0.3 is 0 Å². The molecule has 3 fully saturated rings. The van der Waals surface area contributed by atoms with Crippen LogP contribution in [-0.2, 0) is 9.47 Å². The SMILES string of the molecule is BrC1CC(OCC2CCOC2)C12CCCC2. The first-order valence-electron chi connectivity index (χ1n) is 6.65. The molecule has 3 aliphatic rings. The Hall–Kier alpha value is 0.400. The van der Waals surface area contributed by atoms with E-state index >= 15 is 0 Å². The highest BCUT2D eigenvalue weighted by atomic mass is 79.9. The topological polar surface area (TPSA) is 18.5 Å². The number of hydrogen-bond acceptors (Lipinski definition) is 2. The standard InChI is InChI=1S/C13H21BrO2/c14-11-7-12(13(11)4-1-2-5-13)16-9-10-3-6-15-8-10/h10-12H,1-9H2. The van der Waals surface area contributed by atoms with Crippen LogP contribution in [0.1, 0.15) is 38.5 Å². The molecule has 0 aromatic carbocycles. The Morgan fingerprint density at radius 1 is 1.31 bits per heavy atom. The van der Waals surface area contributed by atoms with Crippen molar-refractivity contribution < 1.29 is 9.47 Å². The Morgan fingerprint density at radius 3 is 2.75 bits per heavy atom. The van der Waals surface area contributed by atoms with Gasteiger partial charge < -0.3 is 9.47 Å². The first-order chi connectivity index (χ1) is 7.81. The summed E-state index contributed by atoms with van der Waals surface area (Å²) in [4.78, 5) is 0.715. The van der Waals surface area contributed by atoms with Gasteiger partial charge in [0.25, 0.3) is 0 Å². The Labute approximate surface area is 106 Å². The summed E-state index contributed by atoms with van der Waals surface area (Å²) < 4.78 is 11.5. The van der Waals surface area contributed by atoms with Crippen LogP contribution < -0.4 is 0 Å². The highest BCUT2D eigenvalue weighted by Crippen LogP contribution is 2.57. The lowest BCUT2D eigenvalue weighted by atomic mass is 9.64. The van der Waals surface area contributed by atoms with Gasteiger partial charge in [0.05, 0.1) is 19.3 Å². The minimum Gasteiger partial charge on any atom is -0.381 e. The molecule has 3 rings (SSSR count). The molecule has 0 bridgehead atoms. The predicted molar refractivity (Wildman–Crippen MR) is 66.9 cm³/mol. The summed E-state index contributed by atoms with van der Waals surface area (Å²) in [6, 6.07) is 0. The van der Waals surface area contributed by atoms with Crippen LogP contribution in [0.25, 0.3) is 0 Å². The third-order valence-corrected chi connectivity index (χ3v) is 6.06. The van der Waals surface area contributed by atoms with E-state index in [9.17, 15) is 0 Å². The van der Waals surface area contributed by atoms with Gasteiger partial charge in [-0.15, -0.1) is 0 Å². The molecule has 2 saturated carbocycles. The lowest BCUT2D eigenvalue weighted by Crippen LogP contribution is -2.54. The molecule has 0 radical (unpaired) electrons. The van der Waals surface area contributed by atoms with Gasteiger partial charge in [-0.3, -0.25) is 0 Å². The van der Waals surface area contributed by atoms with Crippen LogP contribution in [-0.4, -0.2) is 30.8 Å². The van der Waals surface area contributed by atoms with Gasteiger partial charge in [0.15, 0.2) is 0 Å². The summed E-state index contributed by atoms with van der Waals surface area (Å²) >= 11 is 3.83. The second kappa shape index (κ2) is 4.58. The van der Waals surface area contributed by atoms with Gasteiger partial charge in [-0.05, 0) is 25.7 Å². The fourth-order valence-corrected chi connectivity index (χ4v) is 4.66. The molecular formula is C13H21BrO2. The Bertz CT molecular complexity index is 244. The van der Waals surface area contributed by atoms with Crippen LogP contribution in [0.15, 0.2) is 0 Å². The van der Waals surface area contributed by atoms with Gasteiger partial charge in [0.2, 0.25) is 0 Å².